The van der Waals surface area contributed by atoms with Crippen molar-refractivity contribution in [2.24, 2.45) is 5.73 Å². The second-order valence-electron chi connectivity index (χ2n) is 7.50. The predicted molar refractivity (Wildman–Crippen MR) is 126 cm³/mol. The minimum atomic E-state index is -0.660. The summed E-state index contributed by atoms with van der Waals surface area (Å²) < 4.78 is 5.40. The molecule has 0 aromatic heterocycles. The van der Waals surface area contributed by atoms with Crippen molar-refractivity contribution in [1.29, 1.82) is 0 Å². The Hall–Kier alpha value is -4.66. The fourth-order valence-electron chi connectivity index (χ4n) is 3.61. The van der Waals surface area contributed by atoms with E-state index in [1.807, 2.05) is 6.92 Å². The molecule has 0 spiro atoms. The lowest BCUT2D eigenvalue weighted by Gasteiger charge is -2.14. The highest BCUT2D eigenvalue weighted by Gasteiger charge is 2.37. The Morgan fingerprint density at radius 3 is 2.24 bits per heavy atom. The second-order valence-corrected chi connectivity index (χ2v) is 7.50. The summed E-state index contributed by atoms with van der Waals surface area (Å²) in [6, 6.07) is 17.3. The molecule has 1 aliphatic rings. The number of primary amides is 1. The average Bonchev–Trinajstić information content (AvgIpc) is 3.08. The third-order valence-corrected chi connectivity index (χ3v) is 5.23. The molecule has 0 aliphatic carbocycles. The minimum Gasteiger partial charge on any atom is -0.494 e. The van der Waals surface area contributed by atoms with Gasteiger partial charge < -0.3 is 21.1 Å². The third-order valence-electron chi connectivity index (χ3n) is 5.23. The normalized spacial score (nSPS) is 12.3. The number of nitrogens with zero attached hydrogens (tertiary/aromatic N) is 1. The highest BCUT2D eigenvalue weighted by molar-refractivity contribution is 6.34. The van der Waals surface area contributed by atoms with Crippen LogP contribution in [0.4, 0.5) is 16.2 Å². The van der Waals surface area contributed by atoms with E-state index in [-0.39, 0.29) is 29.1 Å². The van der Waals surface area contributed by atoms with E-state index in [4.69, 9.17) is 10.5 Å². The fraction of sp³-hybridized carbons (Fsp3) is 0.120. The van der Waals surface area contributed by atoms with Gasteiger partial charge in [-0.1, -0.05) is 12.1 Å². The number of carbonyl (C=O) groups excluding carboxylic acids is 4. The number of nitrogens with one attached hydrogen (secondary N) is 2. The highest BCUT2D eigenvalue weighted by Crippen LogP contribution is 2.30. The molecule has 9 heteroatoms. The van der Waals surface area contributed by atoms with Gasteiger partial charge in [0.2, 0.25) is 0 Å². The van der Waals surface area contributed by atoms with Crippen molar-refractivity contribution in [2.45, 2.75) is 13.5 Å². The van der Waals surface area contributed by atoms with E-state index < -0.39 is 17.8 Å². The van der Waals surface area contributed by atoms with Crippen LogP contribution < -0.4 is 26.0 Å². The summed E-state index contributed by atoms with van der Waals surface area (Å²) in [6.45, 7) is 2.61. The topological polar surface area (TPSA) is 131 Å². The van der Waals surface area contributed by atoms with Crippen molar-refractivity contribution < 1.29 is 23.9 Å². The van der Waals surface area contributed by atoms with Crippen molar-refractivity contribution >= 4 is 35.1 Å². The summed E-state index contributed by atoms with van der Waals surface area (Å²) >= 11 is 0. The Morgan fingerprint density at radius 2 is 1.59 bits per heavy atom. The van der Waals surface area contributed by atoms with Crippen LogP contribution in [0.25, 0.3) is 0 Å². The molecular weight excluding hydrogens is 436 g/mol. The van der Waals surface area contributed by atoms with Crippen molar-refractivity contribution in [1.82, 2.24) is 5.32 Å². The van der Waals surface area contributed by atoms with Crippen LogP contribution in [0, 0.1) is 0 Å². The van der Waals surface area contributed by atoms with Crippen LogP contribution in [0.3, 0.4) is 0 Å². The number of fused-ring (bicyclic) bond motifs is 1. The molecule has 0 saturated carbocycles. The van der Waals surface area contributed by atoms with E-state index in [0.717, 1.165) is 10.5 Å². The Morgan fingerprint density at radius 1 is 0.912 bits per heavy atom. The number of benzene rings is 3. The molecular formula is C25H22N4O5. The molecule has 0 atom stereocenters. The zero-order valence-electron chi connectivity index (χ0n) is 18.3. The van der Waals surface area contributed by atoms with Crippen molar-refractivity contribution in [3.8, 4) is 5.75 Å². The summed E-state index contributed by atoms with van der Waals surface area (Å²) in [7, 11) is 0. The monoisotopic (exact) mass is 458 g/mol. The Labute approximate surface area is 195 Å². The van der Waals surface area contributed by atoms with Crippen LogP contribution >= 0.6 is 0 Å². The van der Waals surface area contributed by atoms with Gasteiger partial charge in [-0.25, -0.2) is 9.69 Å². The summed E-state index contributed by atoms with van der Waals surface area (Å²) in [5.74, 6) is -0.681. The number of rotatable bonds is 7. The Bertz CT molecular complexity index is 1270. The number of nitrogens with two attached hydrogens (primary N) is 1. The quantitative estimate of drug-likeness (QED) is 0.468. The lowest BCUT2D eigenvalue weighted by molar-refractivity contribution is 0.0923. The van der Waals surface area contributed by atoms with Gasteiger partial charge >= 0.3 is 6.03 Å². The SMILES string of the molecule is CCOc1ccc(N2C(=O)c3ccc(C(=O)NCc4ccc(NC(N)=O)cc4)cc3C2=O)cc1. The standard InChI is InChI=1S/C25H22N4O5/c1-2-34-19-10-8-18(9-11-19)29-23(31)20-12-5-16(13-21(20)24(29)32)22(30)27-14-15-3-6-17(7-4-15)28-25(26)33/h3-13H,2,14H2,1H3,(H,27,30)(H3,26,28,33). The number of anilines is 2. The molecule has 172 valence electrons. The smallest absolute Gasteiger partial charge is 0.316 e. The van der Waals surface area contributed by atoms with Gasteiger partial charge in [0, 0.05) is 17.8 Å². The molecule has 0 bridgehead atoms. The number of ether oxygens (including phenoxy) is 1. The van der Waals surface area contributed by atoms with Crippen LogP contribution in [0.2, 0.25) is 0 Å². The first-order valence-electron chi connectivity index (χ1n) is 10.6. The van der Waals surface area contributed by atoms with E-state index in [2.05, 4.69) is 10.6 Å². The van der Waals surface area contributed by atoms with Gasteiger partial charge in [0.05, 0.1) is 23.4 Å². The minimum absolute atomic E-state index is 0.174. The maximum Gasteiger partial charge on any atom is 0.316 e. The molecule has 4 rings (SSSR count). The van der Waals surface area contributed by atoms with Crippen LogP contribution in [0.15, 0.2) is 66.7 Å². The number of carbonyl (C=O) groups is 4. The van der Waals surface area contributed by atoms with Crippen molar-refractivity contribution in [3.63, 3.8) is 0 Å². The zero-order valence-corrected chi connectivity index (χ0v) is 18.3. The van der Waals surface area contributed by atoms with E-state index >= 15 is 0 Å². The summed E-state index contributed by atoms with van der Waals surface area (Å²) in [6.07, 6.45) is 0. The van der Waals surface area contributed by atoms with Crippen molar-refractivity contribution in [3.05, 3.63) is 89.0 Å². The maximum atomic E-state index is 13.0. The van der Waals surface area contributed by atoms with E-state index in [9.17, 15) is 19.2 Å². The predicted octanol–water partition coefficient (Wildman–Crippen LogP) is 3.31. The number of urea groups is 1. The molecule has 0 saturated heterocycles. The van der Waals surface area contributed by atoms with Gasteiger partial charge in [-0.2, -0.15) is 0 Å². The van der Waals surface area contributed by atoms with Gasteiger partial charge in [0.25, 0.3) is 17.7 Å². The second kappa shape index (κ2) is 9.45. The summed E-state index contributed by atoms with van der Waals surface area (Å²) in [5.41, 5.74) is 7.54. The molecule has 1 heterocycles. The zero-order chi connectivity index (χ0) is 24.2. The van der Waals surface area contributed by atoms with Gasteiger partial charge in [-0.05, 0) is 67.1 Å². The van der Waals surface area contributed by atoms with Crippen molar-refractivity contribution in [2.75, 3.05) is 16.8 Å². The maximum absolute atomic E-state index is 13.0. The first-order valence-corrected chi connectivity index (χ1v) is 10.6. The van der Waals surface area contributed by atoms with Crippen LogP contribution in [-0.2, 0) is 6.54 Å². The molecule has 3 aromatic rings. The van der Waals surface area contributed by atoms with Gasteiger partial charge in [0.15, 0.2) is 0 Å². The number of hydrogen-bond donors (Lipinski definition) is 3. The molecule has 0 fully saturated rings. The number of amides is 5. The van der Waals surface area contributed by atoms with Gasteiger partial charge in [0.1, 0.15) is 5.75 Å². The molecule has 34 heavy (non-hydrogen) atoms. The molecule has 0 radical (unpaired) electrons. The third kappa shape index (κ3) is 4.58. The largest absolute Gasteiger partial charge is 0.494 e. The fourth-order valence-corrected chi connectivity index (χ4v) is 3.61. The van der Waals surface area contributed by atoms with Crippen LogP contribution in [0.1, 0.15) is 43.6 Å². The molecule has 3 aromatic carbocycles. The molecule has 1 aliphatic heterocycles. The average molecular weight is 458 g/mol. The first-order chi connectivity index (χ1) is 16.4. The first kappa shape index (κ1) is 22.5. The molecule has 4 N–H and O–H groups in total. The van der Waals surface area contributed by atoms with Crippen LogP contribution in [-0.4, -0.2) is 30.4 Å². The Kier molecular flexibility index (Phi) is 6.26. The van der Waals surface area contributed by atoms with E-state index in [0.29, 0.717) is 23.7 Å². The Balaban J connectivity index is 1.46. The lowest BCUT2D eigenvalue weighted by Crippen LogP contribution is -2.29. The highest BCUT2D eigenvalue weighted by atomic mass is 16.5. The number of hydrogen-bond acceptors (Lipinski definition) is 5. The molecule has 5 amide bonds. The summed E-state index contributed by atoms with van der Waals surface area (Å²) in [4.78, 5) is 50.5. The van der Waals surface area contributed by atoms with E-state index in [1.54, 1.807) is 48.5 Å². The van der Waals surface area contributed by atoms with Gasteiger partial charge in [-0.3, -0.25) is 14.4 Å². The molecule has 0 unspecified atom stereocenters. The van der Waals surface area contributed by atoms with Gasteiger partial charge in [-0.15, -0.1) is 0 Å². The lowest BCUT2D eigenvalue weighted by atomic mass is 10.1. The number of imide groups is 1. The van der Waals surface area contributed by atoms with Crippen LogP contribution in [0.5, 0.6) is 5.75 Å². The summed E-state index contributed by atoms with van der Waals surface area (Å²) in [5, 5.41) is 5.24. The van der Waals surface area contributed by atoms with E-state index in [1.165, 1.54) is 18.2 Å². The molecule has 9 nitrogen and oxygen atoms in total.